The van der Waals surface area contributed by atoms with E-state index < -0.39 is 0 Å². The van der Waals surface area contributed by atoms with Gasteiger partial charge in [0.2, 0.25) is 5.91 Å². The second kappa shape index (κ2) is 8.45. The molecule has 5 nitrogen and oxygen atoms in total. The van der Waals surface area contributed by atoms with Crippen LogP contribution in [0.4, 0.5) is 0 Å². The number of hydrogen-bond donors (Lipinski definition) is 2. The molecule has 1 rings (SSSR count). The summed E-state index contributed by atoms with van der Waals surface area (Å²) in [6.07, 6.45) is 2.45. The van der Waals surface area contributed by atoms with Gasteiger partial charge in [-0.3, -0.25) is 9.69 Å². The third-order valence-corrected chi connectivity index (χ3v) is 3.29. The van der Waals surface area contributed by atoms with Crippen molar-refractivity contribution in [3.05, 3.63) is 0 Å². The number of methoxy groups -OCH3 is 1. The van der Waals surface area contributed by atoms with Crippen LogP contribution in [0.3, 0.4) is 0 Å². The SMILES string of the molecule is CNCC1CCCN(CC(=O)NC(C)COC)C1. The monoisotopic (exact) mass is 257 g/mol. The number of amides is 1. The molecule has 0 spiro atoms. The zero-order valence-corrected chi connectivity index (χ0v) is 11.9. The van der Waals surface area contributed by atoms with Gasteiger partial charge in [0.25, 0.3) is 0 Å². The molecule has 1 amide bonds. The predicted octanol–water partition coefficient (Wildman–Crippen LogP) is 0.0689. The van der Waals surface area contributed by atoms with Crippen LogP contribution in [-0.4, -0.2) is 63.8 Å². The summed E-state index contributed by atoms with van der Waals surface area (Å²) in [6.45, 7) is 6.13. The van der Waals surface area contributed by atoms with Crippen LogP contribution in [0.1, 0.15) is 19.8 Å². The van der Waals surface area contributed by atoms with Crippen molar-refractivity contribution in [3.8, 4) is 0 Å². The van der Waals surface area contributed by atoms with E-state index in [2.05, 4.69) is 15.5 Å². The highest BCUT2D eigenvalue weighted by Crippen LogP contribution is 2.15. The Kier molecular flexibility index (Phi) is 7.23. The molecular formula is C13H27N3O2. The van der Waals surface area contributed by atoms with Gasteiger partial charge in [-0.1, -0.05) is 0 Å². The van der Waals surface area contributed by atoms with Crippen molar-refractivity contribution < 1.29 is 9.53 Å². The quantitative estimate of drug-likeness (QED) is 0.678. The molecule has 0 aromatic carbocycles. The van der Waals surface area contributed by atoms with E-state index in [1.807, 2.05) is 14.0 Å². The zero-order chi connectivity index (χ0) is 13.4. The summed E-state index contributed by atoms with van der Waals surface area (Å²) in [6, 6.07) is 0.0837. The number of likely N-dealkylation sites (tertiary alicyclic amines) is 1. The Hall–Kier alpha value is -0.650. The third kappa shape index (κ3) is 5.80. The highest BCUT2D eigenvalue weighted by Gasteiger charge is 2.21. The fraction of sp³-hybridized carbons (Fsp3) is 0.923. The number of nitrogens with one attached hydrogen (secondary N) is 2. The number of ether oxygens (including phenoxy) is 1. The van der Waals surface area contributed by atoms with Crippen LogP contribution in [0.25, 0.3) is 0 Å². The zero-order valence-electron chi connectivity index (χ0n) is 11.9. The number of carbonyl (C=O) groups is 1. The topological polar surface area (TPSA) is 53.6 Å². The first-order chi connectivity index (χ1) is 8.65. The largest absolute Gasteiger partial charge is 0.383 e. The first kappa shape index (κ1) is 15.4. The summed E-state index contributed by atoms with van der Waals surface area (Å²) in [7, 11) is 3.63. The Morgan fingerprint density at radius 2 is 2.33 bits per heavy atom. The molecule has 1 fully saturated rings. The summed E-state index contributed by atoms with van der Waals surface area (Å²) in [5.41, 5.74) is 0. The number of nitrogens with zero attached hydrogens (tertiary/aromatic N) is 1. The molecule has 1 saturated heterocycles. The van der Waals surface area contributed by atoms with Crippen LogP contribution < -0.4 is 10.6 Å². The van der Waals surface area contributed by atoms with Crippen LogP contribution in [0.5, 0.6) is 0 Å². The van der Waals surface area contributed by atoms with Gasteiger partial charge in [0, 0.05) is 19.7 Å². The van der Waals surface area contributed by atoms with Gasteiger partial charge in [-0.2, -0.15) is 0 Å². The number of hydrogen-bond acceptors (Lipinski definition) is 4. The molecule has 0 aromatic rings. The molecule has 106 valence electrons. The lowest BCUT2D eigenvalue weighted by Crippen LogP contribution is -2.46. The molecule has 1 aliphatic rings. The maximum absolute atomic E-state index is 11.8. The summed E-state index contributed by atoms with van der Waals surface area (Å²) in [5, 5.41) is 6.17. The van der Waals surface area contributed by atoms with Crippen LogP contribution in [0.15, 0.2) is 0 Å². The van der Waals surface area contributed by atoms with E-state index in [4.69, 9.17) is 4.74 Å². The molecule has 5 heteroatoms. The fourth-order valence-corrected chi connectivity index (χ4v) is 2.57. The molecule has 18 heavy (non-hydrogen) atoms. The van der Waals surface area contributed by atoms with Crippen molar-refractivity contribution in [3.63, 3.8) is 0 Å². The first-order valence-corrected chi connectivity index (χ1v) is 6.81. The van der Waals surface area contributed by atoms with Gasteiger partial charge in [0.15, 0.2) is 0 Å². The molecule has 0 radical (unpaired) electrons. The Morgan fingerprint density at radius 1 is 1.56 bits per heavy atom. The van der Waals surface area contributed by atoms with E-state index in [-0.39, 0.29) is 11.9 Å². The molecule has 0 bridgehead atoms. The lowest BCUT2D eigenvalue weighted by molar-refractivity contribution is -0.123. The van der Waals surface area contributed by atoms with Crippen LogP contribution >= 0.6 is 0 Å². The van der Waals surface area contributed by atoms with E-state index in [1.54, 1.807) is 7.11 Å². The molecule has 0 saturated carbocycles. The summed E-state index contributed by atoms with van der Waals surface area (Å²) < 4.78 is 5.01. The average molecular weight is 257 g/mol. The van der Waals surface area contributed by atoms with Crippen molar-refractivity contribution in [2.24, 2.45) is 5.92 Å². The molecule has 2 unspecified atom stereocenters. The van der Waals surface area contributed by atoms with Crippen molar-refractivity contribution in [2.75, 3.05) is 46.9 Å². The van der Waals surface area contributed by atoms with Crippen LogP contribution in [0, 0.1) is 5.92 Å². The second-order valence-corrected chi connectivity index (χ2v) is 5.22. The van der Waals surface area contributed by atoms with Crippen molar-refractivity contribution in [1.29, 1.82) is 0 Å². The molecule has 0 aromatic heterocycles. The van der Waals surface area contributed by atoms with Crippen LogP contribution in [-0.2, 0) is 9.53 Å². The summed E-state index contributed by atoms with van der Waals surface area (Å²) in [4.78, 5) is 14.1. The van der Waals surface area contributed by atoms with Gasteiger partial charge >= 0.3 is 0 Å². The smallest absolute Gasteiger partial charge is 0.234 e. The number of rotatable bonds is 7. The summed E-state index contributed by atoms with van der Waals surface area (Å²) in [5.74, 6) is 0.776. The minimum absolute atomic E-state index is 0.0837. The Morgan fingerprint density at radius 3 is 3.00 bits per heavy atom. The highest BCUT2D eigenvalue weighted by molar-refractivity contribution is 5.78. The standard InChI is InChI=1S/C13H27N3O2/c1-11(10-18-3)15-13(17)9-16-6-4-5-12(8-16)7-14-2/h11-12,14H,4-10H2,1-3H3,(H,15,17). The predicted molar refractivity (Wildman–Crippen MR) is 72.6 cm³/mol. The van der Waals surface area contributed by atoms with Gasteiger partial charge in [-0.25, -0.2) is 0 Å². The highest BCUT2D eigenvalue weighted by atomic mass is 16.5. The molecular weight excluding hydrogens is 230 g/mol. The van der Waals surface area contributed by atoms with Gasteiger partial charge in [-0.05, 0) is 45.8 Å². The van der Waals surface area contributed by atoms with Crippen molar-refractivity contribution in [2.45, 2.75) is 25.8 Å². The van der Waals surface area contributed by atoms with Crippen molar-refractivity contribution >= 4 is 5.91 Å². The molecule has 1 aliphatic heterocycles. The Bertz CT molecular complexity index is 246. The normalized spacial score (nSPS) is 22.7. The maximum atomic E-state index is 11.8. The van der Waals surface area contributed by atoms with E-state index in [1.165, 1.54) is 12.8 Å². The molecule has 2 atom stereocenters. The summed E-state index contributed by atoms with van der Waals surface area (Å²) >= 11 is 0. The van der Waals surface area contributed by atoms with E-state index in [9.17, 15) is 4.79 Å². The Labute approximate surface area is 110 Å². The molecule has 0 aliphatic carbocycles. The number of carbonyl (C=O) groups excluding carboxylic acids is 1. The van der Waals surface area contributed by atoms with Gasteiger partial charge in [0.1, 0.15) is 0 Å². The van der Waals surface area contributed by atoms with Crippen molar-refractivity contribution in [1.82, 2.24) is 15.5 Å². The minimum Gasteiger partial charge on any atom is -0.383 e. The average Bonchev–Trinajstić information content (AvgIpc) is 2.29. The van der Waals surface area contributed by atoms with Crippen LogP contribution in [0.2, 0.25) is 0 Å². The lowest BCUT2D eigenvalue weighted by Gasteiger charge is -2.32. The second-order valence-electron chi connectivity index (χ2n) is 5.22. The van der Waals surface area contributed by atoms with Gasteiger partial charge in [-0.15, -0.1) is 0 Å². The lowest BCUT2D eigenvalue weighted by atomic mass is 9.98. The first-order valence-electron chi connectivity index (χ1n) is 6.81. The minimum atomic E-state index is 0.0837. The number of piperidine rings is 1. The fourth-order valence-electron chi connectivity index (χ4n) is 2.57. The molecule has 1 heterocycles. The molecule has 2 N–H and O–H groups in total. The van der Waals surface area contributed by atoms with E-state index >= 15 is 0 Å². The van der Waals surface area contributed by atoms with E-state index in [0.29, 0.717) is 19.1 Å². The van der Waals surface area contributed by atoms with Gasteiger partial charge in [0.05, 0.1) is 13.2 Å². The maximum Gasteiger partial charge on any atom is 0.234 e. The van der Waals surface area contributed by atoms with E-state index in [0.717, 1.165) is 19.6 Å². The van der Waals surface area contributed by atoms with Gasteiger partial charge < -0.3 is 15.4 Å². The Balaban J connectivity index is 2.26. The third-order valence-electron chi connectivity index (χ3n) is 3.29.